The molecular formula is C25H28F3N5O. The molecule has 4 heterocycles. The van der Waals surface area contributed by atoms with E-state index in [1.807, 2.05) is 19.2 Å². The summed E-state index contributed by atoms with van der Waals surface area (Å²) in [5.74, 6) is 0.962. The highest BCUT2D eigenvalue weighted by atomic mass is 19.4. The summed E-state index contributed by atoms with van der Waals surface area (Å²) < 4.78 is 42.4. The summed E-state index contributed by atoms with van der Waals surface area (Å²) in [6, 6.07) is 6.48. The molecule has 2 aromatic heterocycles. The fourth-order valence-corrected chi connectivity index (χ4v) is 5.18. The third-order valence-corrected chi connectivity index (χ3v) is 6.92. The van der Waals surface area contributed by atoms with Crippen molar-refractivity contribution in [3.8, 4) is 0 Å². The summed E-state index contributed by atoms with van der Waals surface area (Å²) in [6.45, 7) is 6.57. The number of amides is 1. The van der Waals surface area contributed by atoms with Crippen LogP contribution >= 0.6 is 0 Å². The van der Waals surface area contributed by atoms with Gasteiger partial charge in [0.2, 0.25) is 0 Å². The molecular weight excluding hydrogens is 443 g/mol. The monoisotopic (exact) mass is 471 g/mol. The molecule has 0 bridgehead atoms. The smallest absolute Gasteiger partial charge is 0.356 e. The van der Waals surface area contributed by atoms with E-state index in [0.29, 0.717) is 30.2 Å². The van der Waals surface area contributed by atoms with E-state index in [1.165, 1.54) is 18.2 Å². The molecule has 1 amide bonds. The van der Waals surface area contributed by atoms with Gasteiger partial charge in [0.15, 0.2) is 5.65 Å². The Kier molecular flexibility index (Phi) is 5.73. The number of anilines is 1. The van der Waals surface area contributed by atoms with Gasteiger partial charge in [-0.15, -0.1) is 0 Å². The number of fused-ring (bicyclic) bond motifs is 1. The molecule has 2 saturated heterocycles. The van der Waals surface area contributed by atoms with E-state index in [9.17, 15) is 18.0 Å². The minimum atomic E-state index is -4.59. The van der Waals surface area contributed by atoms with Gasteiger partial charge in [-0.2, -0.15) is 18.3 Å². The van der Waals surface area contributed by atoms with Crippen molar-refractivity contribution in [3.63, 3.8) is 0 Å². The predicted octanol–water partition coefficient (Wildman–Crippen LogP) is 5.27. The molecule has 180 valence electrons. The molecule has 0 aliphatic carbocycles. The van der Waals surface area contributed by atoms with Gasteiger partial charge in [0, 0.05) is 37.5 Å². The van der Waals surface area contributed by atoms with Gasteiger partial charge in [0.1, 0.15) is 5.82 Å². The number of hydrogen-bond acceptors (Lipinski definition) is 4. The van der Waals surface area contributed by atoms with Crippen LogP contribution in [0.2, 0.25) is 0 Å². The number of halogens is 3. The first-order valence-electron chi connectivity index (χ1n) is 11.8. The van der Waals surface area contributed by atoms with Crippen LogP contribution in [-0.4, -0.2) is 45.0 Å². The SMILES string of the molecule is Cc1cn2nc([C@@H]3CCCCN3C(=O)c3ccccc3C(F)(F)F)cc2nc1N1CC[C@H](C)C1. The number of carbonyl (C=O) groups excluding carboxylic acids is 1. The van der Waals surface area contributed by atoms with Crippen LogP contribution in [0.15, 0.2) is 36.5 Å². The van der Waals surface area contributed by atoms with Gasteiger partial charge in [0.25, 0.3) is 5.91 Å². The summed E-state index contributed by atoms with van der Waals surface area (Å²) >= 11 is 0. The van der Waals surface area contributed by atoms with Gasteiger partial charge >= 0.3 is 6.18 Å². The number of aryl methyl sites for hydroxylation is 1. The Morgan fingerprint density at radius 2 is 1.91 bits per heavy atom. The third-order valence-electron chi connectivity index (χ3n) is 6.92. The van der Waals surface area contributed by atoms with Gasteiger partial charge in [-0.05, 0) is 50.7 Å². The lowest BCUT2D eigenvalue weighted by Crippen LogP contribution is -2.39. The number of aromatic nitrogens is 3. The Labute approximate surface area is 196 Å². The summed E-state index contributed by atoms with van der Waals surface area (Å²) in [6.07, 6.45) is 0.767. The van der Waals surface area contributed by atoms with Crippen LogP contribution in [0.25, 0.3) is 5.65 Å². The first-order valence-corrected chi connectivity index (χ1v) is 11.8. The first kappa shape index (κ1) is 22.7. The highest BCUT2D eigenvalue weighted by molar-refractivity contribution is 5.96. The van der Waals surface area contributed by atoms with Crippen LogP contribution in [-0.2, 0) is 6.18 Å². The van der Waals surface area contributed by atoms with Gasteiger partial charge in [0.05, 0.1) is 22.9 Å². The number of alkyl halides is 3. The molecule has 5 rings (SSSR count). The molecule has 0 spiro atoms. The van der Waals surface area contributed by atoms with Crippen molar-refractivity contribution in [3.05, 3.63) is 58.9 Å². The molecule has 34 heavy (non-hydrogen) atoms. The van der Waals surface area contributed by atoms with Crippen molar-refractivity contribution < 1.29 is 18.0 Å². The Balaban J connectivity index is 1.49. The molecule has 1 aromatic carbocycles. The summed E-state index contributed by atoms with van der Waals surface area (Å²) in [7, 11) is 0. The van der Waals surface area contributed by atoms with Crippen LogP contribution in [0.5, 0.6) is 0 Å². The van der Waals surface area contributed by atoms with E-state index in [2.05, 4.69) is 11.8 Å². The number of likely N-dealkylation sites (tertiary alicyclic amines) is 1. The molecule has 2 aliphatic rings. The fourth-order valence-electron chi connectivity index (χ4n) is 5.18. The van der Waals surface area contributed by atoms with Crippen molar-refractivity contribution >= 4 is 17.4 Å². The Bertz CT molecular complexity index is 1220. The molecule has 0 N–H and O–H groups in total. The van der Waals surface area contributed by atoms with Gasteiger partial charge < -0.3 is 9.80 Å². The molecule has 6 nitrogen and oxygen atoms in total. The lowest BCUT2D eigenvalue weighted by molar-refractivity contribution is -0.138. The zero-order chi connectivity index (χ0) is 24.0. The quantitative estimate of drug-likeness (QED) is 0.522. The molecule has 2 atom stereocenters. The van der Waals surface area contributed by atoms with Crippen molar-refractivity contribution in [2.75, 3.05) is 24.5 Å². The number of nitrogens with zero attached hydrogens (tertiary/aromatic N) is 5. The summed E-state index contributed by atoms with van der Waals surface area (Å²) in [5.41, 5.74) is 1.15. The zero-order valence-electron chi connectivity index (χ0n) is 19.3. The second-order valence-electron chi connectivity index (χ2n) is 9.51. The minimum absolute atomic E-state index is 0.315. The van der Waals surface area contributed by atoms with Crippen molar-refractivity contribution in [2.24, 2.45) is 5.92 Å². The zero-order valence-corrected chi connectivity index (χ0v) is 19.3. The lowest BCUT2D eigenvalue weighted by atomic mass is 9.97. The molecule has 3 aromatic rings. The molecule has 2 fully saturated rings. The number of hydrogen-bond donors (Lipinski definition) is 0. The largest absolute Gasteiger partial charge is 0.417 e. The third kappa shape index (κ3) is 4.12. The topological polar surface area (TPSA) is 53.7 Å². The number of benzene rings is 1. The summed E-state index contributed by atoms with van der Waals surface area (Å²) in [5, 5.41) is 4.70. The highest BCUT2D eigenvalue weighted by Gasteiger charge is 2.38. The maximum absolute atomic E-state index is 13.6. The van der Waals surface area contributed by atoms with Gasteiger partial charge in [-0.25, -0.2) is 9.50 Å². The van der Waals surface area contributed by atoms with Gasteiger partial charge in [-0.1, -0.05) is 19.1 Å². The Morgan fingerprint density at radius 3 is 2.65 bits per heavy atom. The number of rotatable bonds is 3. The second kappa shape index (κ2) is 8.60. The van der Waals surface area contributed by atoms with Crippen molar-refractivity contribution in [1.29, 1.82) is 0 Å². The summed E-state index contributed by atoms with van der Waals surface area (Å²) in [4.78, 5) is 22.0. The van der Waals surface area contributed by atoms with E-state index in [4.69, 9.17) is 10.1 Å². The van der Waals surface area contributed by atoms with E-state index in [1.54, 1.807) is 9.42 Å². The van der Waals surface area contributed by atoms with Crippen molar-refractivity contribution in [1.82, 2.24) is 19.5 Å². The lowest BCUT2D eigenvalue weighted by Gasteiger charge is -2.35. The Hall–Kier alpha value is -3.10. The fraction of sp³-hybridized carbons (Fsp3) is 0.480. The molecule has 9 heteroatoms. The van der Waals surface area contributed by atoms with Crippen LogP contribution in [0.1, 0.15) is 65.8 Å². The maximum Gasteiger partial charge on any atom is 0.417 e. The first-order chi connectivity index (χ1) is 16.2. The average molecular weight is 472 g/mol. The molecule has 0 saturated carbocycles. The molecule has 0 radical (unpaired) electrons. The van der Waals surface area contributed by atoms with Crippen LogP contribution in [0, 0.1) is 12.8 Å². The molecule has 0 unspecified atom stereocenters. The standard InChI is InChI=1S/C25H28F3N5O/c1-16-10-12-31(14-16)23-17(2)15-33-22(29-23)13-20(30-33)21-9-5-6-11-32(21)24(34)18-7-3-4-8-19(18)25(26,27)28/h3-4,7-8,13,15-16,21H,5-6,9-12,14H2,1-2H3/t16-,21-/m0/s1. The van der Waals surface area contributed by atoms with E-state index in [0.717, 1.165) is 49.8 Å². The van der Waals surface area contributed by atoms with Crippen LogP contribution in [0.4, 0.5) is 19.0 Å². The van der Waals surface area contributed by atoms with Crippen LogP contribution in [0.3, 0.4) is 0 Å². The maximum atomic E-state index is 13.6. The average Bonchev–Trinajstić information content (AvgIpc) is 3.43. The van der Waals surface area contributed by atoms with E-state index < -0.39 is 17.6 Å². The Morgan fingerprint density at radius 1 is 1.12 bits per heavy atom. The van der Waals surface area contributed by atoms with Crippen molar-refractivity contribution in [2.45, 2.75) is 51.7 Å². The highest BCUT2D eigenvalue weighted by Crippen LogP contribution is 2.36. The van der Waals surface area contributed by atoms with E-state index >= 15 is 0 Å². The molecule has 2 aliphatic heterocycles. The number of carbonyl (C=O) groups is 1. The second-order valence-corrected chi connectivity index (χ2v) is 9.51. The normalized spacial score (nSPS) is 21.4. The van der Waals surface area contributed by atoms with Crippen LogP contribution < -0.4 is 4.90 Å². The van der Waals surface area contributed by atoms with Gasteiger partial charge in [-0.3, -0.25) is 4.79 Å². The number of piperidine rings is 1. The van der Waals surface area contributed by atoms with E-state index in [-0.39, 0.29) is 11.6 Å². The predicted molar refractivity (Wildman–Crippen MR) is 123 cm³/mol. The minimum Gasteiger partial charge on any atom is -0.356 e.